The van der Waals surface area contributed by atoms with E-state index >= 15 is 0 Å². The van der Waals surface area contributed by atoms with Crippen LogP contribution in [0.2, 0.25) is 0 Å². The van der Waals surface area contributed by atoms with Crippen molar-refractivity contribution >= 4 is 21.4 Å². The summed E-state index contributed by atoms with van der Waals surface area (Å²) in [6.07, 6.45) is 4.02. The molecule has 1 aromatic rings. The number of hydrogen-bond donors (Lipinski definition) is 2. The van der Waals surface area contributed by atoms with Crippen molar-refractivity contribution in [3.63, 3.8) is 0 Å². The average molecular weight is 308 g/mol. The molecule has 1 amide bonds. The topological polar surface area (TPSA) is 89.3 Å². The highest BCUT2D eigenvalue weighted by molar-refractivity contribution is 7.91. The molecule has 1 saturated carbocycles. The molecule has 3 N–H and O–H groups in total. The zero-order chi connectivity index (χ0) is 15.0. The molecule has 1 aliphatic carbocycles. The molecule has 2 atom stereocenters. The van der Waals surface area contributed by atoms with Gasteiger partial charge in [0.2, 0.25) is 5.91 Å². The lowest BCUT2D eigenvalue weighted by Gasteiger charge is -2.15. The van der Waals surface area contributed by atoms with Crippen LogP contribution in [0, 0.1) is 5.92 Å². The number of benzene rings is 1. The Hall–Kier alpha value is -1.40. The largest absolute Gasteiger partial charge is 0.327 e. The normalized spacial score (nSPS) is 26.5. The van der Waals surface area contributed by atoms with Crippen LogP contribution in [0.3, 0.4) is 0 Å². The van der Waals surface area contributed by atoms with E-state index in [1.165, 1.54) is 0 Å². The molecule has 5 nitrogen and oxygen atoms in total. The molecule has 6 heteroatoms. The third-order valence-corrected chi connectivity index (χ3v) is 6.28. The lowest BCUT2D eigenvalue weighted by atomic mass is 10.00. The molecule has 1 heterocycles. The molecular weight excluding hydrogens is 288 g/mol. The number of nitrogens with one attached hydrogen (secondary N) is 1. The number of carbonyl (C=O) groups excluding carboxylic acids is 1. The van der Waals surface area contributed by atoms with E-state index in [1.54, 1.807) is 18.2 Å². The van der Waals surface area contributed by atoms with Crippen LogP contribution in [0.1, 0.15) is 31.2 Å². The maximum absolute atomic E-state index is 12.1. The fourth-order valence-electron chi connectivity index (χ4n) is 3.25. The highest BCUT2D eigenvalue weighted by Crippen LogP contribution is 2.30. The summed E-state index contributed by atoms with van der Waals surface area (Å²) in [5, 5.41) is 2.80. The predicted molar refractivity (Wildman–Crippen MR) is 80.8 cm³/mol. The van der Waals surface area contributed by atoms with Gasteiger partial charge in [-0.25, -0.2) is 8.42 Å². The Kier molecular flexibility index (Phi) is 3.75. The van der Waals surface area contributed by atoms with E-state index in [0.717, 1.165) is 24.8 Å². The average Bonchev–Trinajstić information content (AvgIpc) is 2.95. The van der Waals surface area contributed by atoms with Gasteiger partial charge in [0.25, 0.3) is 0 Å². The summed E-state index contributed by atoms with van der Waals surface area (Å²) < 4.78 is 23.8. The smallest absolute Gasteiger partial charge is 0.224 e. The van der Waals surface area contributed by atoms with Crippen molar-refractivity contribution in [1.82, 2.24) is 0 Å². The van der Waals surface area contributed by atoms with Crippen LogP contribution in [-0.2, 0) is 21.1 Å². The first kappa shape index (κ1) is 14.5. The van der Waals surface area contributed by atoms with Crippen LogP contribution >= 0.6 is 0 Å². The second-order valence-electron chi connectivity index (χ2n) is 6.00. The van der Waals surface area contributed by atoms with Crippen molar-refractivity contribution in [2.24, 2.45) is 11.7 Å². The van der Waals surface area contributed by atoms with Gasteiger partial charge in [-0.1, -0.05) is 12.5 Å². The van der Waals surface area contributed by atoms with Crippen molar-refractivity contribution in [1.29, 1.82) is 0 Å². The van der Waals surface area contributed by atoms with E-state index < -0.39 is 9.84 Å². The van der Waals surface area contributed by atoms with Crippen LogP contribution in [0.15, 0.2) is 23.1 Å². The van der Waals surface area contributed by atoms with Gasteiger partial charge in [0, 0.05) is 18.2 Å². The van der Waals surface area contributed by atoms with E-state index in [-0.39, 0.29) is 23.6 Å². The number of carbonyl (C=O) groups is 1. The maximum atomic E-state index is 12.1. The Morgan fingerprint density at radius 2 is 2.14 bits per heavy atom. The first-order valence-electron chi connectivity index (χ1n) is 7.37. The van der Waals surface area contributed by atoms with E-state index in [1.807, 2.05) is 0 Å². The minimum Gasteiger partial charge on any atom is -0.327 e. The van der Waals surface area contributed by atoms with Gasteiger partial charge < -0.3 is 11.1 Å². The molecule has 0 spiro atoms. The fraction of sp³-hybridized carbons (Fsp3) is 0.533. The van der Waals surface area contributed by atoms with Crippen LogP contribution in [0.5, 0.6) is 0 Å². The molecule has 1 aromatic carbocycles. The van der Waals surface area contributed by atoms with Gasteiger partial charge in [0.05, 0.1) is 10.6 Å². The summed E-state index contributed by atoms with van der Waals surface area (Å²) in [6, 6.07) is 5.24. The molecule has 3 rings (SSSR count). The minimum atomic E-state index is -3.17. The van der Waals surface area contributed by atoms with Crippen molar-refractivity contribution in [3.05, 3.63) is 23.8 Å². The first-order chi connectivity index (χ1) is 9.95. The molecule has 0 saturated heterocycles. The van der Waals surface area contributed by atoms with Crippen molar-refractivity contribution < 1.29 is 13.2 Å². The lowest BCUT2D eigenvalue weighted by molar-refractivity contribution is -0.117. The first-order valence-corrected chi connectivity index (χ1v) is 9.02. The Morgan fingerprint density at radius 3 is 2.86 bits per heavy atom. The highest BCUT2D eigenvalue weighted by atomic mass is 32.2. The molecule has 21 heavy (non-hydrogen) atoms. The molecule has 0 radical (unpaired) electrons. The maximum Gasteiger partial charge on any atom is 0.224 e. The highest BCUT2D eigenvalue weighted by Gasteiger charge is 2.28. The lowest BCUT2D eigenvalue weighted by Crippen LogP contribution is -2.28. The van der Waals surface area contributed by atoms with E-state index in [9.17, 15) is 13.2 Å². The summed E-state index contributed by atoms with van der Waals surface area (Å²) in [6.45, 7) is 0. The Bertz CT molecular complexity index is 669. The Morgan fingerprint density at radius 1 is 1.33 bits per heavy atom. The van der Waals surface area contributed by atoms with E-state index in [0.29, 0.717) is 23.4 Å². The summed E-state index contributed by atoms with van der Waals surface area (Å²) in [5.41, 5.74) is 7.36. The standard InChI is InChI=1S/C15H20N2O3S/c16-13-3-1-2-11(13)8-15(18)17-12-5-4-10-6-7-21(19,20)14(10)9-12/h4-5,9,11,13H,1-3,6-8,16H2,(H,17,18)/t11-,13+/m0/s1. The third-order valence-electron chi connectivity index (χ3n) is 4.49. The molecular formula is C15H20N2O3S. The summed E-state index contributed by atoms with van der Waals surface area (Å²) in [4.78, 5) is 12.4. The molecule has 1 fully saturated rings. The summed E-state index contributed by atoms with van der Waals surface area (Å²) in [5.74, 6) is 0.312. The number of sulfone groups is 1. The summed E-state index contributed by atoms with van der Waals surface area (Å²) >= 11 is 0. The number of nitrogens with two attached hydrogens (primary N) is 1. The third kappa shape index (κ3) is 2.96. The zero-order valence-corrected chi connectivity index (χ0v) is 12.7. The van der Waals surface area contributed by atoms with Gasteiger partial charge >= 0.3 is 0 Å². The summed E-state index contributed by atoms with van der Waals surface area (Å²) in [7, 11) is -3.17. The SMILES string of the molecule is N[C@@H]1CCC[C@H]1CC(=O)Nc1ccc2c(c1)S(=O)(=O)CC2. The molecule has 114 valence electrons. The second kappa shape index (κ2) is 5.42. The quantitative estimate of drug-likeness (QED) is 0.885. The van der Waals surface area contributed by atoms with Crippen LogP contribution in [0.4, 0.5) is 5.69 Å². The monoisotopic (exact) mass is 308 g/mol. The number of anilines is 1. The number of fused-ring (bicyclic) bond motifs is 1. The molecule has 0 unspecified atom stereocenters. The molecule has 0 bridgehead atoms. The van der Waals surface area contributed by atoms with Gasteiger partial charge in [-0.2, -0.15) is 0 Å². The van der Waals surface area contributed by atoms with Gasteiger partial charge in [-0.05, 0) is 42.9 Å². The number of hydrogen-bond acceptors (Lipinski definition) is 4. The van der Waals surface area contributed by atoms with Crippen molar-refractivity contribution in [2.75, 3.05) is 11.1 Å². The predicted octanol–water partition coefficient (Wildman–Crippen LogP) is 1.47. The molecule has 1 aliphatic heterocycles. The van der Waals surface area contributed by atoms with Gasteiger partial charge in [0.15, 0.2) is 9.84 Å². The number of rotatable bonds is 3. The van der Waals surface area contributed by atoms with Crippen LogP contribution in [-0.4, -0.2) is 26.1 Å². The fourth-order valence-corrected chi connectivity index (χ4v) is 4.84. The van der Waals surface area contributed by atoms with E-state index in [2.05, 4.69) is 5.32 Å². The van der Waals surface area contributed by atoms with Gasteiger partial charge in [-0.3, -0.25) is 4.79 Å². The van der Waals surface area contributed by atoms with Crippen LogP contribution < -0.4 is 11.1 Å². The minimum absolute atomic E-state index is 0.0901. The van der Waals surface area contributed by atoms with Gasteiger partial charge in [-0.15, -0.1) is 0 Å². The molecule has 2 aliphatic rings. The van der Waals surface area contributed by atoms with Crippen molar-refractivity contribution in [3.8, 4) is 0 Å². The molecule has 0 aromatic heterocycles. The number of aryl methyl sites for hydroxylation is 1. The zero-order valence-electron chi connectivity index (χ0n) is 11.8. The Balaban J connectivity index is 1.70. The van der Waals surface area contributed by atoms with Crippen molar-refractivity contribution in [2.45, 2.75) is 43.0 Å². The number of amides is 1. The van der Waals surface area contributed by atoms with Crippen LogP contribution in [0.25, 0.3) is 0 Å². The second-order valence-corrected chi connectivity index (χ2v) is 8.08. The van der Waals surface area contributed by atoms with E-state index in [4.69, 9.17) is 5.73 Å². The van der Waals surface area contributed by atoms with Gasteiger partial charge in [0.1, 0.15) is 0 Å². The Labute approximate surface area is 124 Å².